The number of amides is 1. The maximum atomic E-state index is 12.8. The van der Waals surface area contributed by atoms with E-state index in [0.717, 1.165) is 18.5 Å². The van der Waals surface area contributed by atoms with E-state index in [0.29, 0.717) is 22.7 Å². The number of carbonyl (C=O) groups excluding carboxylic acids is 1. The maximum absolute atomic E-state index is 12.8. The van der Waals surface area contributed by atoms with Crippen LogP contribution in [-0.4, -0.2) is 32.7 Å². The molecule has 0 fully saturated rings. The second kappa shape index (κ2) is 9.10. The summed E-state index contributed by atoms with van der Waals surface area (Å²) in [4.78, 5) is 32.7. The maximum Gasteiger partial charge on any atom is 0.278 e. The zero-order valence-electron chi connectivity index (χ0n) is 16.5. The van der Waals surface area contributed by atoms with Crippen LogP contribution in [0.4, 0.5) is 0 Å². The zero-order valence-corrected chi connectivity index (χ0v) is 17.3. The largest absolute Gasteiger partial charge is 0.355 e. The molecule has 3 rings (SSSR count). The molecule has 0 bridgehead atoms. The van der Waals surface area contributed by atoms with Crippen molar-refractivity contribution in [3.05, 3.63) is 58.0 Å². The second-order valence-electron chi connectivity index (χ2n) is 7.10. The molecule has 0 aliphatic heterocycles. The Morgan fingerprint density at radius 2 is 2.04 bits per heavy atom. The van der Waals surface area contributed by atoms with E-state index in [1.807, 2.05) is 45.0 Å². The number of hydrogen-bond acceptors (Lipinski definition) is 4. The van der Waals surface area contributed by atoms with Crippen LogP contribution in [-0.2, 0) is 11.2 Å². The molecule has 0 aliphatic carbocycles. The van der Waals surface area contributed by atoms with Crippen molar-refractivity contribution in [1.82, 2.24) is 19.9 Å². The molecule has 0 atom stereocenters. The number of nitrogens with one attached hydrogen (secondary N) is 2. The number of aromatic nitrogens is 3. The average molecular weight is 399 g/mol. The third-order valence-corrected chi connectivity index (χ3v) is 5.40. The van der Waals surface area contributed by atoms with Gasteiger partial charge in [-0.25, -0.2) is 4.98 Å². The first-order chi connectivity index (χ1) is 13.5. The van der Waals surface area contributed by atoms with Gasteiger partial charge in [0.1, 0.15) is 5.52 Å². The highest BCUT2D eigenvalue weighted by Gasteiger charge is 2.16. The summed E-state index contributed by atoms with van der Waals surface area (Å²) in [6.45, 7) is 6.42. The van der Waals surface area contributed by atoms with Gasteiger partial charge in [0.15, 0.2) is 5.16 Å². The highest BCUT2D eigenvalue weighted by molar-refractivity contribution is 7.99. The fraction of sp³-hybridized carbons (Fsp3) is 0.381. The lowest BCUT2D eigenvalue weighted by Crippen LogP contribution is -2.28. The van der Waals surface area contributed by atoms with Crippen LogP contribution >= 0.6 is 11.8 Å². The Kier molecular flexibility index (Phi) is 6.57. The van der Waals surface area contributed by atoms with E-state index in [1.165, 1.54) is 17.3 Å². The van der Waals surface area contributed by atoms with Crippen LogP contribution in [0, 0.1) is 6.92 Å². The summed E-state index contributed by atoms with van der Waals surface area (Å²) >= 11 is 1.30. The predicted molar refractivity (Wildman–Crippen MR) is 114 cm³/mol. The van der Waals surface area contributed by atoms with Crippen molar-refractivity contribution in [2.24, 2.45) is 0 Å². The lowest BCUT2D eigenvalue weighted by atomic mass is 10.1. The number of H-pyrrole nitrogens is 1. The van der Waals surface area contributed by atoms with Gasteiger partial charge in [0.25, 0.3) is 5.56 Å². The van der Waals surface area contributed by atoms with Crippen LogP contribution in [0.25, 0.3) is 11.0 Å². The summed E-state index contributed by atoms with van der Waals surface area (Å²) in [5, 5.41) is 3.52. The van der Waals surface area contributed by atoms with E-state index in [4.69, 9.17) is 0 Å². The molecule has 0 radical (unpaired) electrons. The second-order valence-corrected chi connectivity index (χ2v) is 8.05. The van der Waals surface area contributed by atoms with Crippen molar-refractivity contribution in [1.29, 1.82) is 0 Å². The Labute approximate surface area is 168 Å². The summed E-state index contributed by atoms with van der Waals surface area (Å²) in [6.07, 6.45) is 1.83. The van der Waals surface area contributed by atoms with Crippen LogP contribution in [0.3, 0.4) is 0 Å². The number of hydrogen-bond donors (Lipinski definition) is 2. The monoisotopic (exact) mass is 398 g/mol. The average Bonchev–Trinajstić information content (AvgIpc) is 3.05. The Morgan fingerprint density at radius 3 is 2.75 bits per heavy atom. The standard InChI is InChI=1S/C21H26N4O2S/c1-14(2)25-20(27)19-17(12-15(3)23-19)24-21(25)28-13-18(26)22-11-7-10-16-8-5-4-6-9-16/h4-6,8-9,12,14,23H,7,10-11,13H2,1-3H3,(H,22,26). The van der Waals surface area contributed by atoms with E-state index < -0.39 is 0 Å². The summed E-state index contributed by atoms with van der Waals surface area (Å²) in [7, 11) is 0. The third kappa shape index (κ3) is 4.84. The topological polar surface area (TPSA) is 79.8 Å². The predicted octanol–water partition coefficient (Wildman–Crippen LogP) is 3.46. The first-order valence-corrected chi connectivity index (χ1v) is 10.5. The lowest BCUT2D eigenvalue weighted by molar-refractivity contribution is -0.118. The van der Waals surface area contributed by atoms with Gasteiger partial charge in [-0.05, 0) is 45.2 Å². The Balaban J connectivity index is 1.59. The molecule has 28 heavy (non-hydrogen) atoms. The number of rotatable bonds is 8. The van der Waals surface area contributed by atoms with Gasteiger partial charge in [-0.3, -0.25) is 14.2 Å². The fourth-order valence-corrected chi connectivity index (χ4v) is 4.05. The smallest absolute Gasteiger partial charge is 0.278 e. The molecule has 7 heteroatoms. The van der Waals surface area contributed by atoms with E-state index in [1.54, 1.807) is 4.57 Å². The van der Waals surface area contributed by atoms with Gasteiger partial charge in [0.05, 0.1) is 11.3 Å². The van der Waals surface area contributed by atoms with E-state index >= 15 is 0 Å². The molecule has 0 spiro atoms. The van der Waals surface area contributed by atoms with Crippen molar-refractivity contribution in [3.8, 4) is 0 Å². The number of aromatic amines is 1. The number of thioether (sulfide) groups is 1. The quantitative estimate of drug-likeness (QED) is 0.346. The van der Waals surface area contributed by atoms with Gasteiger partial charge in [-0.1, -0.05) is 42.1 Å². The van der Waals surface area contributed by atoms with Crippen molar-refractivity contribution in [2.45, 2.75) is 44.8 Å². The van der Waals surface area contributed by atoms with Gasteiger partial charge in [0, 0.05) is 18.3 Å². The molecule has 2 aromatic heterocycles. The number of fused-ring (bicyclic) bond motifs is 1. The lowest BCUT2D eigenvalue weighted by Gasteiger charge is -2.15. The van der Waals surface area contributed by atoms with Gasteiger partial charge >= 0.3 is 0 Å². The molecule has 1 aromatic carbocycles. The van der Waals surface area contributed by atoms with Crippen molar-refractivity contribution < 1.29 is 4.79 Å². The van der Waals surface area contributed by atoms with E-state index in [2.05, 4.69) is 27.4 Å². The van der Waals surface area contributed by atoms with Gasteiger partial charge in [-0.2, -0.15) is 0 Å². The summed E-state index contributed by atoms with van der Waals surface area (Å²) in [5.41, 5.74) is 3.23. The zero-order chi connectivity index (χ0) is 20.1. The van der Waals surface area contributed by atoms with Crippen LogP contribution in [0.2, 0.25) is 0 Å². The molecule has 0 saturated heterocycles. The van der Waals surface area contributed by atoms with Gasteiger partial charge < -0.3 is 10.3 Å². The van der Waals surface area contributed by atoms with Crippen LogP contribution in [0.1, 0.15) is 37.6 Å². The van der Waals surface area contributed by atoms with Crippen LogP contribution in [0.15, 0.2) is 46.3 Å². The van der Waals surface area contributed by atoms with Gasteiger partial charge in [0.2, 0.25) is 5.91 Å². The molecular weight excluding hydrogens is 372 g/mol. The first kappa shape index (κ1) is 20.2. The highest BCUT2D eigenvalue weighted by atomic mass is 32.2. The molecule has 6 nitrogen and oxygen atoms in total. The molecule has 0 aliphatic rings. The summed E-state index contributed by atoms with van der Waals surface area (Å²) in [6, 6.07) is 12.0. The number of nitrogens with zero attached hydrogens (tertiary/aromatic N) is 2. The van der Waals surface area contributed by atoms with E-state index in [-0.39, 0.29) is 23.3 Å². The number of benzene rings is 1. The fourth-order valence-electron chi connectivity index (χ4n) is 3.09. The first-order valence-electron chi connectivity index (χ1n) is 9.51. The van der Waals surface area contributed by atoms with Crippen molar-refractivity contribution in [2.75, 3.05) is 12.3 Å². The Bertz CT molecular complexity index is 1010. The van der Waals surface area contributed by atoms with Gasteiger partial charge in [-0.15, -0.1) is 0 Å². The number of aryl methyl sites for hydroxylation is 2. The SMILES string of the molecule is Cc1cc2nc(SCC(=O)NCCCc3ccccc3)n(C(C)C)c(=O)c2[nH]1. The van der Waals surface area contributed by atoms with E-state index in [9.17, 15) is 9.59 Å². The molecule has 3 aromatic rings. The Morgan fingerprint density at radius 1 is 1.29 bits per heavy atom. The molecule has 2 N–H and O–H groups in total. The van der Waals surface area contributed by atoms with Crippen LogP contribution in [0.5, 0.6) is 0 Å². The molecule has 148 valence electrons. The number of carbonyl (C=O) groups is 1. The minimum atomic E-state index is -0.0983. The molecule has 2 heterocycles. The van der Waals surface area contributed by atoms with Crippen molar-refractivity contribution >= 4 is 28.7 Å². The molecule has 0 unspecified atom stereocenters. The van der Waals surface area contributed by atoms with Crippen molar-refractivity contribution in [3.63, 3.8) is 0 Å². The molecule has 1 amide bonds. The van der Waals surface area contributed by atoms with Crippen LogP contribution < -0.4 is 10.9 Å². The summed E-state index contributed by atoms with van der Waals surface area (Å²) < 4.78 is 1.64. The molecular formula is C21H26N4O2S. The minimum Gasteiger partial charge on any atom is -0.355 e. The molecule has 0 saturated carbocycles. The third-order valence-electron chi connectivity index (χ3n) is 4.44. The minimum absolute atomic E-state index is 0.0376. The highest BCUT2D eigenvalue weighted by Crippen LogP contribution is 2.21. The normalized spacial score (nSPS) is 11.3. The Hall–Kier alpha value is -2.54. The summed E-state index contributed by atoms with van der Waals surface area (Å²) in [5.74, 6) is 0.187.